The molecule has 112 valence electrons. The molecular weight excluding hydrogens is 288 g/mol. The van der Waals surface area contributed by atoms with Crippen LogP contribution in [0.2, 0.25) is 5.02 Å². The molecule has 2 heterocycles. The molecule has 0 radical (unpaired) electrons. The average molecular weight is 307 g/mol. The second-order valence-corrected chi connectivity index (χ2v) is 6.24. The van der Waals surface area contributed by atoms with Crippen LogP contribution in [0.4, 0.5) is 0 Å². The smallest absolute Gasteiger partial charge is 0.227 e. The Kier molecular flexibility index (Phi) is 4.00. The van der Waals surface area contributed by atoms with E-state index in [2.05, 4.69) is 24.0 Å². The number of ether oxygens (including phenoxy) is 1. The molecule has 2 aromatic rings. The third-order valence-corrected chi connectivity index (χ3v) is 4.34. The third-order valence-electron chi connectivity index (χ3n) is 4.09. The summed E-state index contributed by atoms with van der Waals surface area (Å²) in [6, 6.07) is 7.92. The van der Waals surface area contributed by atoms with Crippen molar-refractivity contribution in [3.63, 3.8) is 0 Å². The van der Waals surface area contributed by atoms with Crippen LogP contribution in [-0.2, 0) is 10.2 Å². The van der Waals surface area contributed by atoms with Crippen LogP contribution in [0.15, 0.2) is 28.7 Å². The van der Waals surface area contributed by atoms with Gasteiger partial charge in [0.25, 0.3) is 0 Å². The van der Waals surface area contributed by atoms with Crippen LogP contribution in [-0.4, -0.2) is 23.4 Å². The molecule has 21 heavy (non-hydrogen) atoms. The predicted octanol–water partition coefficient (Wildman–Crippen LogP) is 3.94. The van der Waals surface area contributed by atoms with Crippen molar-refractivity contribution in [3.8, 4) is 0 Å². The maximum absolute atomic E-state index is 6.01. The fourth-order valence-corrected chi connectivity index (χ4v) is 2.90. The fourth-order valence-electron chi connectivity index (χ4n) is 2.78. The monoisotopic (exact) mass is 306 g/mol. The van der Waals surface area contributed by atoms with Gasteiger partial charge in [-0.2, -0.15) is 0 Å². The van der Waals surface area contributed by atoms with Gasteiger partial charge in [-0.05, 0) is 30.5 Å². The van der Waals surface area contributed by atoms with Crippen LogP contribution < -0.4 is 0 Å². The highest BCUT2D eigenvalue weighted by molar-refractivity contribution is 6.30. The van der Waals surface area contributed by atoms with E-state index < -0.39 is 0 Å². The zero-order chi connectivity index (χ0) is 14.9. The molecule has 1 saturated heterocycles. The maximum atomic E-state index is 6.01. The third kappa shape index (κ3) is 2.70. The lowest BCUT2D eigenvalue weighted by Crippen LogP contribution is -2.35. The van der Waals surface area contributed by atoms with Gasteiger partial charge in [0.1, 0.15) is 0 Å². The molecule has 0 unspecified atom stereocenters. The molecule has 0 spiro atoms. The lowest BCUT2D eigenvalue weighted by Gasteiger charge is -2.34. The molecular formula is C16H19ClN2O2. The second kappa shape index (κ2) is 5.78. The molecule has 0 saturated carbocycles. The van der Waals surface area contributed by atoms with Gasteiger partial charge in [-0.15, -0.1) is 10.2 Å². The molecule has 0 aliphatic carbocycles. The summed E-state index contributed by atoms with van der Waals surface area (Å²) in [6.07, 6.45) is 1.68. The summed E-state index contributed by atoms with van der Waals surface area (Å²) >= 11 is 6.01. The number of aromatic nitrogens is 2. The Morgan fingerprint density at radius 1 is 1.10 bits per heavy atom. The van der Waals surface area contributed by atoms with Crippen LogP contribution in [0, 0.1) is 0 Å². The largest absolute Gasteiger partial charge is 0.424 e. The lowest BCUT2D eigenvalue weighted by molar-refractivity contribution is 0.0539. The Morgan fingerprint density at radius 3 is 2.33 bits per heavy atom. The van der Waals surface area contributed by atoms with Crippen LogP contribution in [0.1, 0.15) is 50.0 Å². The summed E-state index contributed by atoms with van der Waals surface area (Å²) in [7, 11) is 0. The standard InChI is InChI=1S/C16H19ClN2O2/c1-11(2)14-18-19-15(21-14)16(7-9-20-10-8-16)12-3-5-13(17)6-4-12/h3-6,11H,7-10H2,1-2H3. The molecule has 0 N–H and O–H groups in total. The predicted molar refractivity (Wildman–Crippen MR) is 80.7 cm³/mol. The van der Waals surface area contributed by atoms with Crippen LogP contribution >= 0.6 is 11.6 Å². The van der Waals surface area contributed by atoms with Crippen LogP contribution in [0.3, 0.4) is 0 Å². The number of benzene rings is 1. The highest BCUT2D eigenvalue weighted by Gasteiger charge is 2.41. The van der Waals surface area contributed by atoms with Gasteiger partial charge in [0.15, 0.2) is 0 Å². The first-order valence-corrected chi connectivity index (χ1v) is 7.67. The second-order valence-electron chi connectivity index (χ2n) is 5.80. The van der Waals surface area contributed by atoms with Gasteiger partial charge in [0.2, 0.25) is 11.8 Å². The van der Waals surface area contributed by atoms with Crippen molar-refractivity contribution in [3.05, 3.63) is 46.6 Å². The van der Waals surface area contributed by atoms with Crippen molar-refractivity contribution in [1.29, 1.82) is 0 Å². The van der Waals surface area contributed by atoms with Crippen molar-refractivity contribution in [2.24, 2.45) is 0 Å². The van der Waals surface area contributed by atoms with Gasteiger partial charge in [0.05, 0.1) is 5.41 Å². The molecule has 0 amide bonds. The number of hydrogen-bond donors (Lipinski definition) is 0. The van der Waals surface area contributed by atoms with Crippen molar-refractivity contribution in [1.82, 2.24) is 10.2 Å². The summed E-state index contributed by atoms with van der Waals surface area (Å²) < 4.78 is 11.5. The van der Waals surface area contributed by atoms with Gasteiger partial charge in [-0.3, -0.25) is 0 Å². The van der Waals surface area contributed by atoms with E-state index in [0.717, 1.165) is 23.4 Å². The number of hydrogen-bond acceptors (Lipinski definition) is 4. The van der Waals surface area contributed by atoms with Crippen LogP contribution in [0.5, 0.6) is 0 Å². The first-order chi connectivity index (χ1) is 10.1. The highest BCUT2D eigenvalue weighted by Crippen LogP contribution is 2.41. The summed E-state index contributed by atoms with van der Waals surface area (Å²) in [4.78, 5) is 0. The number of halogens is 1. The first-order valence-electron chi connectivity index (χ1n) is 7.29. The Morgan fingerprint density at radius 2 is 1.76 bits per heavy atom. The Hall–Kier alpha value is -1.39. The maximum Gasteiger partial charge on any atom is 0.227 e. The average Bonchev–Trinajstić information content (AvgIpc) is 2.99. The molecule has 0 bridgehead atoms. The highest BCUT2D eigenvalue weighted by atomic mass is 35.5. The zero-order valence-corrected chi connectivity index (χ0v) is 13.1. The normalized spacial score (nSPS) is 18.1. The Bertz CT molecular complexity index is 601. The minimum Gasteiger partial charge on any atom is -0.424 e. The van der Waals surface area contributed by atoms with E-state index in [-0.39, 0.29) is 11.3 Å². The van der Waals surface area contributed by atoms with Crippen molar-refractivity contribution in [2.75, 3.05) is 13.2 Å². The Balaban J connectivity index is 2.05. The van der Waals surface area contributed by atoms with E-state index >= 15 is 0 Å². The van der Waals surface area contributed by atoms with Gasteiger partial charge in [-0.25, -0.2) is 0 Å². The van der Waals surface area contributed by atoms with E-state index in [1.807, 2.05) is 24.3 Å². The van der Waals surface area contributed by atoms with E-state index in [1.165, 1.54) is 0 Å². The molecule has 1 aromatic carbocycles. The van der Waals surface area contributed by atoms with Gasteiger partial charge in [0, 0.05) is 24.2 Å². The summed E-state index contributed by atoms with van der Waals surface area (Å²) in [5, 5.41) is 9.25. The fraction of sp³-hybridized carbons (Fsp3) is 0.500. The topological polar surface area (TPSA) is 48.2 Å². The lowest BCUT2D eigenvalue weighted by atomic mass is 9.74. The minimum atomic E-state index is -0.261. The number of rotatable bonds is 3. The number of nitrogens with zero attached hydrogens (tertiary/aromatic N) is 2. The van der Waals surface area contributed by atoms with E-state index in [9.17, 15) is 0 Å². The van der Waals surface area contributed by atoms with Crippen molar-refractivity contribution >= 4 is 11.6 Å². The first kappa shape index (κ1) is 14.5. The summed E-state index contributed by atoms with van der Waals surface area (Å²) in [6.45, 7) is 5.50. The Labute approximate surface area is 129 Å². The van der Waals surface area contributed by atoms with Crippen molar-refractivity contribution in [2.45, 2.75) is 38.0 Å². The SMILES string of the molecule is CC(C)c1nnc(C2(c3ccc(Cl)cc3)CCOCC2)o1. The van der Waals surface area contributed by atoms with Crippen LogP contribution in [0.25, 0.3) is 0 Å². The summed E-state index contributed by atoms with van der Waals surface area (Å²) in [5.74, 6) is 1.61. The molecule has 5 heteroatoms. The van der Waals surface area contributed by atoms with Gasteiger partial charge in [-0.1, -0.05) is 37.6 Å². The molecule has 1 aliphatic rings. The zero-order valence-electron chi connectivity index (χ0n) is 12.3. The van der Waals surface area contributed by atoms with E-state index in [1.54, 1.807) is 0 Å². The van der Waals surface area contributed by atoms with Gasteiger partial charge < -0.3 is 9.15 Å². The molecule has 4 nitrogen and oxygen atoms in total. The molecule has 3 rings (SSSR count). The van der Waals surface area contributed by atoms with Crippen molar-refractivity contribution < 1.29 is 9.15 Å². The summed E-state index contributed by atoms with van der Waals surface area (Å²) in [5.41, 5.74) is 0.900. The molecule has 0 atom stereocenters. The van der Waals surface area contributed by atoms with E-state index in [0.29, 0.717) is 25.0 Å². The van der Waals surface area contributed by atoms with E-state index in [4.69, 9.17) is 20.8 Å². The molecule has 1 aliphatic heterocycles. The molecule has 1 aromatic heterocycles. The van der Waals surface area contributed by atoms with Gasteiger partial charge >= 0.3 is 0 Å². The quantitative estimate of drug-likeness (QED) is 0.861. The molecule has 1 fully saturated rings. The minimum absolute atomic E-state index is 0.230.